The quantitative estimate of drug-likeness (QED) is 0.772. The molecule has 2 rings (SSSR count). The van der Waals surface area contributed by atoms with Gasteiger partial charge >= 0.3 is 6.03 Å². The number of rotatable bonds is 5. The van der Waals surface area contributed by atoms with Crippen LogP contribution in [0.4, 0.5) is 13.6 Å². The van der Waals surface area contributed by atoms with Gasteiger partial charge in [-0.25, -0.2) is 13.6 Å². The van der Waals surface area contributed by atoms with Gasteiger partial charge in [-0.05, 0) is 45.5 Å². The topological polar surface area (TPSA) is 64.6 Å². The number of carbonyl (C=O) groups is 1. The van der Waals surface area contributed by atoms with Crippen molar-refractivity contribution < 1.29 is 18.7 Å². The largest absolute Gasteiger partial charge is 0.386 e. The molecule has 1 aromatic carbocycles. The Kier molecular flexibility index (Phi) is 5.90. The molecular formula is C16H23F2N3O2. The van der Waals surface area contributed by atoms with Gasteiger partial charge in [0.1, 0.15) is 17.7 Å². The zero-order valence-electron chi connectivity index (χ0n) is 13.4. The number of hydrogen-bond acceptors (Lipinski definition) is 3. The molecule has 1 aliphatic rings. The summed E-state index contributed by atoms with van der Waals surface area (Å²) in [5.74, 6) is -1.66. The first-order valence-corrected chi connectivity index (χ1v) is 7.71. The van der Waals surface area contributed by atoms with Crippen LogP contribution in [0, 0.1) is 11.6 Å². The van der Waals surface area contributed by atoms with Gasteiger partial charge < -0.3 is 20.6 Å². The Morgan fingerprint density at radius 1 is 1.35 bits per heavy atom. The first-order chi connectivity index (χ1) is 10.9. The molecule has 5 nitrogen and oxygen atoms in total. The van der Waals surface area contributed by atoms with Crippen molar-refractivity contribution in [3.8, 4) is 0 Å². The maximum absolute atomic E-state index is 13.5. The second-order valence-electron chi connectivity index (χ2n) is 6.13. The number of aliphatic hydroxyl groups excluding tert-OH is 1. The second-order valence-corrected chi connectivity index (χ2v) is 6.13. The van der Waals surface area contributed by atoms with E-state index < -0.39 is 29.3 Å². The summed E-state index contributed by atoms with van der Waals surface area (Å²) in [5, 5.41) is 15.2. The summed E-state index contributed by atoms with van der Waals surface area (Å²) in [7, 11) is 4.01. The molecule has 7 heteroatoms. The van der Waals surface area contributed by atoms with Crippen molar-refractivity contribution in [2.75, 3.05) is 20.6 Å². The van der Waals surface area contributed by atoms with Crippen molar-refractivity contribution in [2.45, 2.75) is 37.5 Å². The molecule has 0 radical (unpaired) electrons. The molecule has 0 saturated heterocycles. The average Bonchev–Trinajstić information content (AvgIpc) is 2.93. The van der Waals surface area contributed by atoms with E-state index in [2.05, 4.69) is 15.5 Å². The Labute approximate surface area is 134 Å². The van der Waals surface area contributed by atoms with Gasteiger partial charge in [0, 0.05) is 18.6 Å². The van der Waals surface area contributed by atoms with Crippen molar-refractivity contribution in [3.05, 3.63) is 35.4 Å². The molecule has 128 valence electrons. The van der Waals surface area contributed by atoms with Crippen LogP contribution in [-0.2, 0) is 0 Å². The van der Waals surface area contributed by atoms with Crippen molar-refractivity contribution in [3.63, 3.8) is 0 Å². The van der Waals surface area contributed by atoms with E-state index >= 15 is 0 Å². The number of urea groups is 1. The standard InChI is InChI=1S/C16H23F2N3O2/c1-21(2)11-7-6-10(8-11)20-16(23)19-9-14(22)15-12(17)4-3-5-13(15)18/h3-5,10-11,14,22H,6-9H2,1-2H3,(H2,19,20,23). The minimum atomic E-state index is -1.43. The van der Waals surface area contributed by atoms with Gasteiger partial charge in [0.2, 0.25) is 0 Å². The van der Waals surface area contributed by atoms with Crippen LogP contribution in [0.5, 0.6) is 0 Å². The first kappa shape index (κ1) is 17.6. The fourth-order valence-electron chi connectivity index (χ4n) is 2.91. The van der Waals surface area contributed by atoms with E-state index in [1.807, 2.05) is 14.1 Å². The summed E-state index contributed by atoms with van der Waals surface area (Å²) in [6, 6.07) is 3.44. The van der Waals surface area contributed by atoms with Crippen molar-refractivity contribution in [1.29, 1.82) is 0 Å². The number of nitrogens with one attached hydrogen (secondary N) is 2. The monoisotopic (exact) mass is 327 g/mol. The van der Waals surface area contributed by atoms with Crippen LogP contribution in [0.25, 0.3) is 0 Å². The summed E-state index contributed by atoms with van der Waals surface area (Å²) in [5.41, 5.74) is -0.429. The van der Waals surface area contributed by atoms with Gasteiger partial charge in [-0.15, -0.1) is 0 Å². The maximum Gasteiger partial charge on any atom is 0.315 e. The summed E-state index contributed by atoms with van der Waals surface area (Å²) in [4.78, 5) is 14.0. The van der Waals surface area contributed by atoms with Gasteiger partial charge in [-0.2, -0.15) is 0 Å². The number of amides is 2. The summed E-state index contributed by atoms with van der Waals surface area (Å²) in [6.45, 7) is -0.256. The normalized spacial score (nSPS) is 22.2. The van der Waals surface area contributed by atoms with E-state index in [1.165, 1.54) is 6.07 Å². The Morgan fingerprint density at radius 2 is 2.00 bits per heavy atom. The Balaban J connectivity index is 1.81. The molecule has 2 amide bonds. The first-order valence-electron chi connectivity index (χ1n) is 7.71. The van der Waals surface area contributed by atoms with Crippen molar-refractivity contribution in [1.82, 2.24) is 15.5 Å². The molecule has 3 atom stereocenters. The van der Waals surface area contributed by atoms with E-state index in [0.717, 1.165) is 31.4 Å². The second kappa shape index (κ2) is 7.70. The predicted molar refractivity (Wildman–Crippen MR) is 83.0 cm³/mol. The highest BCUT2D eigenvalue weighted by Gasteiger charge is 2.27. The highest BCUT2D eigenvalue weighted by molar-refractivity contribution is 5.74. The summed E-state index contributed by atoms with van der Waals surface area (Å²) < 4.78 is 27.1. The number of hydrogen-bond donors (Lipinski definition) is 3. The smallest absolute Gasteiger partial charge is 0.315 e. The van der Waals surface area contributed by atoms with E-state index in [9.17, 15) is 18.7 Å². The highest BCUT2D eigenvalue weighted by Crippen LogP contribution is 2.22. The van der Waals surface area contributed by atoms with Crippen LogP contribution < -0.4 is 10.6 Å². The van der Waals surface area contributed by atoms with Crippen LogP contribution in [-0.4, -0.2) is 48.8 Å². The van der Waals surface area contributed by atoms with Crippen LogP contribution in [0.2, 0.25) is 0 Å². The molecule has 1 aromatic rings. The molecular weight excluding hydrogens is 304 g/mol. The lowest BCUT2D eigenvalue weighted by atomic mass is 10.1. The van der Waals surface area contributed by atoms with Crippen molar-refractivity contribution >= 4 is 6.03 Å². The lowest BCUT2D eigenvalue weighted by Gasteiger charge is -2.20. The molecule has 0 aliphatic heterocycles. The Hall–Kier alpha value is -1.73. The highest BCUT2D eigenvalue weighted by atomic mass is 19.1. The van der Waals surface area contributed by atoms with E-state index in [-0.39, 0.29) is 12.6 Å². The predicted octanol–water partition coefficient (Wildman–Crippen LogP) is 1.78. The Bertz CT molecular complexity index is 534. The van der Waals surface area contributed by atoms with Gasteiger partial charge in [-0.1, -0.05) is 6.07 Å². The molecule has 0 bridgehead atoms. The Morgan fingerprint density at radius 3 is 2.57 bits per heavy atom. The fourth-order valence-corrected chi connectivity index (χ4v) is 2.91. The van der Waals surface area contributed by atoms with Crippen LogP contribution in [0.15, 0.2) is 18.2 Å². The summed E-state index contributed by atoms with van der Waals surface area (Å²) >= 11 is 0. The number of aliphatic hydroxyl groups is 1. The zero-order valence-corrected chi connectivity index (χ0v) is 13.4. The molecule has 1 aliphatic carbocycles. The molecule has 23 heavy (non-hydrogen) atoms. The molecule has 3 N–H and O–H groups in total. The SMILES string of the molecule is CN(C)C1CCC(NC(=O)NCC(O)c2c(F)cccc2F)C1. The number of benzene rings is 1. The third-order valence-corrected chi connectivity index (χ3v) is 4.26. The van der Waals surface area contributed by atoms with Gasteiger partial charge in [0.25, 0.3) is 0 Å². The molecule has 1 saturated carbocycles. The van der Waals surface area contributed by atoms with Gasteiger partial charge in [0.15, 0.2) is 0 Å². The minimum absolute atomic E-state index is 0.0738. The molecule has 0 spiro atoms. The number of carbonyl (C=O) groups excluding carboxylic acids is 1. The van der Waals surface area contributed by atoms with E-state index in [0.29, 0.717) is 6.04 Å². The van der Waals surface area contributed by atoms with E-state index in [4.69, 9.17) is 0 Å². The maximum atomic E-state index is 13.5. The molecule has 1 fully saturated rings. The fraction of sp³-hybridized carbons (Fsp3) is 0.562. The number of halogens is 2. The van der Waals surface area contributed by atoms with E-state index in [1.54, 1.807) is 0 Å². The third kappa shape index (κ3) is 4.62. The lowest BCUT2D eigenvalue weighted by molar-refractivity contribution is 0.163. The van der Waals surface area contributed by atoms with Crippen LogP contribution in [0.1, 0.15) is 30.9 Å². The van der Waals surface area contributed by atoms with Crippen molar-refractivity contribution in [2.24, 2.45) is 0 Å². The van der Waals surface area contributed by atoms with Gasteiger partial charge in [-0.3, -0.25) is 0 Å². The lowest BCUT2D eigenvalue weighted by Crippen LogP contribution is -2.43. The summed E-state index contributed by atoms with van der Waals surface area (Å²) in [6.07, 6.45) is 1.34. The van der Waals surface area contributed by atoms with Gasteiger partial charge in [0.05, 0.1) is 5.56 Å². The average molecular weight is 327 g/mol. The minimum Gasteiger partial charge on any atom is -0.386 e. The molecule has 0 aromatic heterocycles. The number of nitrogens with zero attached hydrogens (tertiary/aromatic N) is 1. The molecule has 3 unspecified atom stereocenters. The third-order valence-electron chi connectivity index (χ3n) is 4.26. The van der Waals surface area contributed by atoms with Crippen LogP contribution in [0.3, 0.4) is 0 Å². The van der Waals surface area contributed by atoms with Crippen LogP contribution >= 0.6 is 0 Å². The zero-order chi connectivity index (χ0) is 17.0. The molecule has 0 heterocycles.